The normalized spacial score (nSPS) is 25.3. The van der Waals surface area contributed by atoms with Gasteiger partial charge in [0.1, 0.15) is 11.6 Å². The van der Waals surface area contributed by atoms with E-state index in [0.717, 1.165) is 6.42 Å². The number of hydrogen-bond donors (Lipinski definition) is 2. The summed E-state index contributed by atoms with van der Waals surface area (Å²) in [5.41, 5.74) is -1.44. The maximum Gasteiger partial charge on any atom is 0.329 e. The fourth-order valence-corrected chi connectivity index (χ4v) is 4.45. The first kappa shape index (κ1) is 19.7. The molecular weight excluding hydrogens is 368 g/mol. The predicted octanol–water partition coefficient (Wildman–Crippen LogP) is 2.95. The zero-order chi connectivity index (χ0) is 20.0. The summed E-state index contributed by atoms with van der Waals surface area (Å²) in [6.07, 6.45) is 1.78. The van der Waals surface area contributed by atoms with Gasteiger partial charge in [0.25, 0.3) is 5.91 Å². The van der Waals surface area contributed by atoms with Crippen molar-refractivity contribution in [1.29, 1.82) is 0 Å². The van der Waals surface area contributed by atoms with E-state index in [4.69, 9.17) is 11.6 Å². The monoisotopic (exact) mass is 392 g/mol. The largest absolute Gasteiger partial charge is 0.479 e. The molecule has 2 fully saturated rings. The number of fused-ring (bicyclic) bond motifs is 2. The van der Waals surface area contributed by atoms with Crippen LogP contribution < -0.4 is 5.32 Å². The van der Waals surface area contributed by atoms with E-state index in [-0.39, 0.29) is 17.4 Å². The summed E-state index contributed by atoms with van der Waals surface area (Å²) in [6, 6.07) is 5.79. The molecule has 7 heteroatoms. The van der Waals surface area contributed by atoms with Crippen LogP contribution in [-0.4, -0.2) is 45.9 Å². The zero-order valence-electron chi connectivity index (χ0n) is 15.8. The number of halogens is 1. The van der Waals surface area contributed by atoms with Crippen LogP contribution in [-0.2, 0) is 9.59 Å². The molecule has 1 saturated heterocycles. The third-order valence-corrected chi connectivity index (χ3v) is 6.05. The van der Waals surface area contributed by atoms with Crippen LogP contribution in [0.3, 0.4) is 0 Å². The highest BCUT2D eigenvalue weighted by molar-refractivity contribution is 6.33. The number of piperidine rings is 1. The number of carboxylic acids is 1. The molecule has 0 radical (unpaired) electrons. The van der Waals surface area contributed by atoms with Crippen molar-refractivity contribution >= 4 is 29.4 Å². The number of amides is 2. The number of carboxylic acid groups (broad SMARTS) is 1. The van der Waals surface area contributed by atoms with Gasteiger partial charge in [-0.15, -0.1) is 0 Å². The Morgan fingerprint density at radius 2 is 1.96 bits per heavy atom. The highest BCUT2D eigenvalue weighted by Crippen LogP contribution is 2.47. The molecule has 1 aliphatic heterocycles. The number of carbonyl (C=O) groups is 3. The minimum absolute atomic E-state index is 0.213. The van der Waals surface area contributed by atoms with Crippen LogP contribution in [0.4, 0.5) is 0 Å². The van der Waals surface area contributed by atoms with Crippen LogP contribution in [0.2, 0.25) is 5.02 Å². The number of carbonyl (C=O) groups excluding carboxylic acids is 2. The Labute approximate surface area is 163 Å². The fourth-order valence-electron chi connectivity index (χ4n) is 4.23. The first-order valence-corrected chi connectivity index (χ1v) is 9.54. The number of benzene rings is 1. The molecule has 1 aromatic carbocycles. The molecule has 2 bridgehead atoms. The Bertz CT molecular complexity index is 788. The van der Waals surface area contributed by atoms with Crippen LogP contribution >= 0.6 is 11.6 Å². The lowest BCUT2D eigenvalue weighted by molar-refractivity contribution is -0.159. The van der Waals surface area contributed by atoms with Crippen LogP contribution in [0.15, 0.2) is 24.3 Å². The molecule has 2 aliphatic rings. The summed E-state index contributed by atoms with van der Waals surface area (Å²) in [4.78, 5) is 39.5. The van der Waals surface area contributed by atoms with Crippen molar-refractivity contribution in [2.45, 2.75) is 51.6 Å². The standard InChI is InChI=1S/C20H25ClN2O4/c1-19(2,3)15(22-16(24)13-6-4-5-7-14(13)21)17(25)23-11-12-8-9-20(23,10-12)18(26)27/h4-7,12,15H,8-11H2,1-3H3,(H,22,24)(H,26,27)/t12-,15-,20+/m1/s1. The molecular formula is C20H25ClN2O4. The topological polar surface area (TPSA) is 86.7 Å². The van der Waals surface area contributed by atoms with Gasteiger partial charge in [0, 0.05) is 6.54 Å². The van der Waals surface area contributed by atoms with Crippen molar-refractivity contribution < 1.29 is 19.5 Å². The summed E-state index contributed by atoms with van der Waals surface area (Å²) in [5, 5.41) is 12.9. The molecule has 1 aromatic rings. The van der Waals surface area contributed by atoms with E-state index in [1.165, 1.54) is 4.90 Å². The van der Waals surface area contributed by atoms with E-state index in [2.05, 4.69) is 5.32 Å². The Morgan fingerprint density at radius 1 is 1.30 bits per heavy atom. The smallest absolute Gasteiger partial charge is 0.329 e. The Kier molecular flexibility index (Phi) is 4.97. The van der Waals surface area contributed by atoms with Gasteiger partial charge in [0.15, 0.2) is 0 Å². The van der Waals surface area contributed by atoms with Gasteiger partial charge >= 0.3 is 5.97 Å². The van der Waals surface area contributed by atoms with E-state index in [0.29, 0.717) is 24.4 Å². The van der Waals surface area contributed by atoms with Crippen molar-refractivity contribution in [2.75, 3.05) is 6.54 Å². The van der Waals surface area contributed by atoms with E-state index in [1.54, 1.807) is 24.3 Å². The van der Waals surface area contributed by atoms with E-state index >= 15 is 0 Å². The van der Waals surface area contributed by atoms with Gasteiger partial charge in [-0.25, -0.2) is 4.79 Å². The van der Waals surface area contributed by atoms with Crippen LogP contribution in [0.5, 0.6) is 0 Å². The van der Waals surface area contributed by atoms with Crippen LogP contribution in [0, 0.1) is 11.3 Å². The van der Waals surface area contributed by atoms with Crippen molar-refractivity contribution in [3.8, 4) is 0 Å². The van der Waals surface area contributed by atoms with Crippen molar-refractivity contribution in [3.63, 3.8) is 0 Å². The number of hydrogen-bond acceptors (Lipinski definition) is 3. The van der Waals surface area contributed by atoms with Gasteiger partial charge in [0.2, 0.25) is 5.91 Å². The van der Waals surface area contributed by atoms with Crippen molar-refractivity contribution in [2.24, 2.45) is 11.3 Å². The fraction of sp³-hybridized carbons (Fsp3) is 0.550. The van der Waals surface area contributed by atoms with E-state index in [9.17, 15) is 19.5 Å². The minimum atomic E-state index is -1.14. The molecule has 1 aliphatic carbocycles. The Hall–Kier alpha value is -2.08. The molecule has 0 aromatic heterocycles. The highest BCUT2D eigenvalue weighted by atomic mass is 35.5. The molecule has 146 valence electrons. The van der Waals surface area contributed by atoms with Crippen molar-refractivity contribution in [3.05, 3.63) is 34.9 Å². The van der Waals surface area contributed by atoms with E-state index < -0.39 is 28.9 Å². The number of likely N-dealkylation sites (tertiary alicyclic amines) is 1. The second kappa shape index (κ2) is 6.82. The first-order chi connectivity index (χ1) is 12.6. The average Bonchev–Trinajstić information content (AvgIpc) is 3.18. The lowest BCUT2D eigenvalue weighted by Gasteiger charge is -2.40. The van der Waals surface area contributed by atoms with Crippen LogP contribution in [0.25, 0.3) is 0 Å². The Morgan fingerprint density at radius 3 is 2.52 bits per heavy atom. The van der Waals surface area contributed by atoms with Gasteiger partial charge in [0.05, 0.1) is 10.6 Å². The van der Waals surface area contributed by atoms with Gasteiger partial charge in [-0.2, -0.15) is 0 Å². The number of nitrogens with one attached hydrogen (secondary N) is 1. The second-order valence-electron chi connectivity index (χ2n) is 8.65. The number of nitrogens with zero attached hydrogens (tertiary/aromatic N) is 1. The van der Waals surface area contributed by atoms with E-state index in [1.807, 2.05) is 20.8 Å². The molecule has 2 amide bonds. The average molecular weight is 393 g/mol. The molecule has 1 saturated carbocycles. The minimum Gasteiger partial charge on any atom is -0.479 e. The second-order valence-corrected chi connectivity index (χ2v) is 9.05. The Balaban J connectivity index is 1.88. The molecule has 3 atom stereocenters. The van der Waals surface area contributed by atoms with Gasteiger partial charge in [-0.1, -0.05) is 44.5 Å². The summed E-state index contributed by atoms with van der Waals surface area (Å²) in [5.74, 6) is -1.53. The molecule has 0 unspecified atom stereocenters. The number of rotatable bonds is 4. The zero-order valence-corrected chi connectivity index (χ0v) is 16.5. The lowest BCUT2D eigenvalue weighted by Crippen LogP contribution is -2.61. The summed E-state index contributed by atoms with van der Waals surface area (Å²) >= 11 is 6.10. The third-order valence-electron chi connectivity index (χ3n) is 5.72. The quantitative estimate of drug-likeness (QED) is 0.824. The molecule has 0 spiro atoms. The molecule has 1 heterocycles. The number of aliphatic carboxylic acids is 1. The molecule has 6 nitrogen and oxygen atoms in total. The lowest BCUT2D eigenvalue weighted by atomic mass is 9.84. The van der Waals surface area contributed by atoms with Crippen molar-refractivity contribution in [1.82, 2.24) is 10.2 Å². The summed E-state index contributed by atoms with van der Waals surface area (Å²) in [7, 11) is 0. The first-order valence-electron chi connectivity index (χ1n) is 9.16. The molecule has 27 heavy (non-hydrogen) atoms. The SMILES string of the molecule is CC(C)(C)[C@H](NC(=O)c1ccccc1Cl)C(=O)N1C[C@@H]2CC[C@@]1(C(=O)O)C2. The summed E-state index contributed by atoms with van der Waals surface area (Å²) < 4.78 is 0. The maximum atomic E-state index is 13.4. The predicted molar refractivity (Wildman–Crippen MR) is 102 cm³/mol. The van der Waals surface area contributed by atoms with Gasteiger partial charge in [-0.05, 0) is 42.7 Å². The maximum absolute atomic E-state index is 13.4. The van der Waals surface area contributed by atoms with Gasteiger partial charge in [-0.3, -0.25) is 9.59 Å². The summed E-state index contributed by atoms with van der Waals surface area (Å²) in [6.45, 7) is 5.98. The van der Waals surface area contributed by atoms with Gasteiger partial charge < -0.3 is 15.3 Å². The molecule has 2 N–H and O–H groups in total. The highest BCUT2D eigenvalue weighted by Gasteiger charge is 2.59. The molecule has 3 rings (SSSR count). The third kappa shape index (κ3) is 3.43. The van der Waals surface area contributed by atoms with Crippen LogP contribution in [0.1, 0.15) is 50.4 Å².